The van der Waals surface area contributed by atoms with Gasteiger partial charge in [-0.2, -0.15) is 8.42 Å². The SMILES string of the molecule is Cc1cc(Cl)ccc1OC(=O)C1CCCN(C2=NS(=O)(=O)c3ccccc32)C1. The average molecular weight is 419 g/mol. The van der Waals surface area contributed by atoms with E-state index in [1.165, 1.54) is 0 Å². The molecule has 2 aliphatic rings. The van der Waals surface area contributed by atoms with Gasteiger partial charge in [-0.3, -0.25) is 4.79 Å². The number of hydrogen-bond donors (Lipinski definition) is 0. The first kappa shape index (κ1) is 19.0. The van der Waals surface area contributed by atoms with Crippen LogP contribution in [-0.2, 0) is 14.8 Å². The zero-order chi connectivity index (χ0) is 19.9. The molecule has 2 aliphatic heterocycles. The van der Waals surface area contributed by atoms with Crippen LogP contribution in [0, 0.1) is 12.8 Å². The summed E-state index contributed by atoms with van der Waals surface area (Å²) in [6, 6.07) is 11.9. The van der Waals surface area contributed by atoms with Gasteiger partial charge in [0.25, 0.3) is 10.0 Å². The molecule has 0 aliphatic carbocycles. The highest BCUT2D eigenvalue weighted by atomic mass is 35.5. The molecule has 2 aromatic carbocycles. The standard InChI is InChI=1S/C20H19ClN2O4S/c1-13-11-15(21)8-9-17(13)27-20(24)14-5-4-10-23(12-14)19-16-6-2-3-7-18(16)28(25,26)22-19/h2-3,6-9,11,14H,4-5,10,12H2,1H3. The van der Waals surface area contributed by atoms with Crippen LogP contribution in [0.25, 0.3) is 0 Å². The maximum Gasteiger partial charge on any atom is 0.316 e. The first-order valence-corrected chi connectivity index (χ1v) is 10.8. The molecular weight excluding hydrogens is 400 g/mol. The van der Waals surface area contributed by atoms with Crippen LogP contribution in [0.3, 0.4) is 0 Å². The van der Waals surface area contributed by atoms with Crippen LogP contribution in [0.1, 0.15) is 24.0 Å². The fourth-order valence-electron chi connectivity index (χ4n) is 3.60. The summed E-state index contributed by atoms with van der Waals surface area (Å²) in [6.07, 6.45) is 1.43. The van der Waals surface area contributed by atoms with Crippen molar-refractivity contribution in [1.29, 1.82) is 0 Å². The number of ether oxygens (including phenoxy) is 1. The Kier molecular flexibility index (Phi) is 4.89. The number of benzene rings is 2. The fraction of sp³-hybridized carbons (Fsp3) is 0.300. The van der Waals surface area contributed by atoms with Crippen LogP contribution in [0.4, 0.5) is 0 Å². The zero-order valence-electron chi connectivity index (χ0n) is 15.3. The number of rotatable bonds is 2. The van der Waals surface area contributed by atoms with Gasteiger partial charge in [-0.1, -0.05) is 23.7 Å². The summed E-state index contributed by atoms with van der Waals surface area (Å²) in [7, 11) is -3.68. The quantitative estimate of drug-likeness (QED) is 0.551. The molecule has 1 fully saturated rings. The Balaban J connectivity index is 1.53. The van der Waals surface area contributed by atoms with Crippen LogP contribution in [0.15, 0.2) is 51.8 Å². The summed E-state index contributed by atoms with van der Waals surface area (Å²) in [5.74, 6) is 0.209. The number of carbonyl (C=O) groups is 1. The molecule has 0 radical (unpaired) electrons. The molecule has 146 valence electrons. The van der Waals surface area contributed by atoms with E-state index in [4.69, 9.17) is 16.3 Å². The molecule has 0 saturated carbocycles. The molecule has 0 aromatic heterocycles. The number of likely N-dealkylation sites (tertiary alicyclic amines) is 1. The Morgan fingerprint density at radius 1 is 1.25 bits per heavy atom. The highest BCUT2D eigenvalue weighted by Gasteiger charge is 2.35. The molecule has 1 atom stereocenters. The molecule has 4 rings (SSSR count). The molecule has 0 spiro atoms. The van der Waals surface area contributed by atoms with Crippen molar-refractivity contribution in [2.75, 3.05) is 13.1 Å². The predicted octanol–water partition coefficient (Wildman–Crippen LogP) is 3.41. The minimum atomic E-state index is -3.68. The van der Waals surface area contributed by atoms with Gasteiger partial charge in [0.15, 0.2) is 5.84 Å². The predicted molar refractivity (Wildman–Crippen MR) is 106 cm³/mol. The van der Waals surface area contributed by atoms with Crippen molar-refractivity contribution >= 4 is 33.4 Å². The molecule has 6 nitrogen and oxygen atoms in total. The van der Waals surface area contributed by atoms with Gasteiger partial charge in [-0.05, 0) is 55.7 Å². The van der Waals surface area contributed by atoms with Crippen molar-refractivity contribution in [2.45, 2.75) is 24.7 Å². The molecule has 8 heteroatoms. The van der Waals surface area contributed by atoms with E-state index in [0.29, 0.717) is 41.7 Å². The Morgan fingerprint density at radius 2 is 2.04 bits per heavy atom. The molecule has 2 heterocycles. The van der Waals surface area contributed by atoms with Crippen LogP contribution >= 0.6 is 11.6 Å². The van der Waals surface area contributed by atoms with E-state index in [-0.39, 0.29) is 16.8 Å². The summed E-state index contributed by atoms with van der Waals surface area (Å²) in [5.41, 5.74) is 1.37. The van der Waals surface area contributed by atoms with E-state index in [1.807, 2.05) is 11.8 Å². The third kappa shape index (κ3) is 3.52. The largest absolute Gasteiger partial charge is 0.426 e. The number of fused-ring (bicyclic) bond motifs is 1. The molecule has 0 bridgehead atoms. The van der Waals surface area contributed by atoms with E-state index in [9.17, 15) is 13.2 Å². The number of aryl methyl sites for hydroxylation is 1. The minimum absolute atomic E-state index is 0.214. The van der Waals surface area contributed by atoms with Gasteiger partial charge in [-0.25, -0.2) is 0 Å². The molecule has 1 saturated heterocycles. The second-order valence-corrected chi connectivity index (χ2v) is 9.01. The second kappa shape index (κ2) is 7.22. The fourth-order valence-corrected chi connectivity index (χ4v) is 5.05. The van der Waals surface area contributed by atoms with E-state index in [2.05, 4.69) is 4.40 Å². The van der Waals surface area contributed by atoms with Crippen molar-refractivity contribution in [3.63, 3.8) is 0 Å². The van der Waals surface area contributed by atoms with Gasteiger partial charge >= 0.3 is 5.97 Å². The first-order chi connectivity index (χ1) is 13.3. The normalized spacial score (nSPS) is 20.4. The lowest BCUT2D eigenvalue weighted by Crippen LogP contribution is -2.43. The van der Waals surface area contributed by atoms with Crippen molar-refractivity contribution < 1.29 is 17.9 Å². The molecule has 0 N–H and O–H groups in total. The third-order valence-corrected chi connectivity index (χ3v) is 6.57. The number of amidine groups is 1. The van der Waals surface area contributed by atoms with Gasteiger partial charge < -0.3 is 9.64 Å². The number of piperidine rings is 1. The van der Waals surface area contributed by atoms with Crippen molar-refractivity contribution in [3.05, 3.63) is 58.6 Å². The zero-order valence-corrected chi connectivity index (χ0v) is 16.8. The van der Waals surface area contributed by atoms with Gasteiger partial charge in [0.05, 0.1) is 5.92 Å². The number of esters is 1. The Hall–Kier alpha value is -2.38. The van der Waals surface area contributed by atoms with Crippen LogP contribution in [0.5, 0.6) is 5.75 Å². The highest BCUT2D eigenvalue weighted by Crippen LogP contribution is 2.30. The minimum Gasteiger partial charge on any atom is -0.426 e. The Labute approximate surface area is 168 Å². The summed E-state index contributed by atoms with van der Waals surface area (Å²) in [6.45, 7) is 2.84. The van der Waals surface area contributed by atoms with Gasteiger partial charge in [0.2, 0.25) is 0 Å². The van der Waals surface area contributed by atoms with E-state index >= 15 is 0 Å². The van der Waals surface area contributed by atoms with Crippen LogP contribution in [-0.4, -0.2) is 38.2 Å². The number of carbonyl (C=O) groups excluding carboxylic acids is 1. The van der Waals surface area contributed by atoms with Gasteiger partial charge in [0.1, 0.15) is 10.6 Å². The summed E-state index contributed by atoms with van der Waals surface area (Å²) < 4.78 is 34.2. The van der Waals surface area contributed by atoms with E-state index in [1.54, 1.807) is 42.5 Å². The number of hydrogen-bond acceptors (Lipinski definition) is 5. The molecule has 1 unspecified atom stereocenters. The average Bonchev–Trinajstić information content (AvgIpc) is 2.96. The second-order valence-electron chi connectivity index (χ2n) is 7.00. The Morgan fingerprint density at radius 3 is 2.82 bits per heavy atom. The maximum atomic E-state index is 12.7. The monoisotopic (exact) mass is 418 g/mol. The van der Waals surface area contributed by atoms with Gasteiger partial charge in [0, 0.05) is 23.7 Å². The summed E-state index contributed by atoms with van der Waals surface area (Å²) >= 11 is 5.95. The molecule has 28 heavy (non-hydrogen) atoms. The summed E-state index contributed by atoms with van der Waals surface area (Å²) in [4.78, 5) is 14.8. The van der Waals surface area contributed by atoms with Crippen LogP contribution < -0.4 is 4.74 Å². The first-order valence-electron chi connectivity index (χ1n) is 9.02. The molecular formula is C20H19ClN2O4S. The van der Waals surface area contributed by atoms with E-state index in [0.717, 1.165) is 12.0 Å². The smallest absolute Gasteiger partial charge is 0.316 e. The van der Waals surface area contributed by atoms with Crippen LogP contribution in [0.2, 0.25) is 5.02 Å². The van der Waals surface area contributed by atoms with E-state index < -0.39 is 10.0 Å². The third-order valence-electron chi connectivity index (χ3n) is 5.01. The number of sulfonamides is 1. The lowest BCUT2D eigenvalue weighted by molar-refractivity contribution is -0.140. The van der Waals surface area contributed by atoms with Crippen molar-refractivity contribution in [1.82, 2.24) is 4.90 Å². The Bertz CT molecular complexity index is 1080. The summed E-state index contributed by atoms with van der Waals surface area (Å²) in [5, 5.41) is 0.584. The lowest BCUT2D eigenvalue weighted by atomic mass is 9.97. The van der Waals surface area contributed by atoms with Crippen molar-refractivity contribution in [2.24, 2.45) is 10.3 Å². The molecule has 0 amide bonds. The highest BCUT2D eigenvalue weighted by molar-refractivity contribution is 7.90. The van der Waals surface area contributed by atoms with Gasteiger partial charge in [-0.15, -0.1) is 4.40 Å². The maximum absolute atomic E-state index is 12.7. The molecule has 2 aromatic rings. The topological polar surface area (TPSA) is 76.0 Å². The van der Waals surface area contributed by atoms with Crippen molar-refractivity contribution in [3.8, 4) is 5.75 Å². The number of nitrogens with zero attached hydrogens (tertiary/aromatic N) is 2. The lowest BCUT2D eigenvalue weighted by Gasteiger charge is -2.33. The number of halogens is 1.